The van der Waals surface area contributed by atoms with E-state index in [9.17, 15) is 22.8 Å². The van der Waals surface area contributed by atoms with Crippen LogP contribution in [0.15, 0.2) is 53.8 Å². The maximum Gasteiger partial charge on any atom is 0.425 e. The van der Waals surface area contributed by atoms with Gasteiger partial charge in [-0.05, 0) is 42.9 Å². The third-order valence-corrected chi connectivity index (χ3v) is 8.24. The molecule has 2 aliphatic heterocycles. The minimum atomic E-state index is -4.57. The molecule has 1 aromatic carbocycles. The van der Waals surface area contributed by atoms with Crippen LogP contribution in [0.5, 0.6) is 5.75 Å². The van der Waals surface area contributed by atoms with Crippen molar-refractivity contribution in [3.8, 4) is 5.75 Å². The first-order valence-corrected chi connectivity index (χ1v) is 13.3. The van der Waals surface area contributed by atoms with Crippen LogP contribution in [0.1, 0.15) is 69.2 Å². The number of carbonyl (C=O) groups is 2. The molecule has 5 atom stereocenters. The number of carbonyl (C=O) groups excluding carboxylic acids is 2. The number of nitrogens with two attached hydrogens (primary N) is 1. The van der Waals surface area contributed by atoms with E-state index in [1.54, 1.807) is 36.7 Å². The van der Waals surface area contributed by atoms with E-state index in [0.29, 0.717) is 24.8 Å². The second-order valence-electron chi connectivity index (χ2n) is 10.6. The van der Waals surface area contributed by atoms with E-state index < -0.39 is 42.2 Å². The second-order valence-corrected chi connectivity index (χ2v) is 10.6. The number of aromatic nitrogens is 1. The molecule has 1 fully saturated rings. The zero-order chi connectivity index (χ0) is 27.9. The average molecular weight is 544 g/mol. The number of aliphatic imine (C=N–C) groups is 1. The Bertz CT molecular complexity index is 1260. The fourth-order valence-corrected chi connectivity index (χ4v) is 5.82. The molecule has 1 unspecified atom stereocenters. The van der Waals surface area contributed by atoms with Crippen molar-refractivity contribution >= 4 is 17.8 Å². The highest BCUT2D eigenvalue weighted by Crippen LogP contribution is 2.52. The molecule has 2 amide bonds. The molecular formula is C28H32F3N5O3. The summed E-state index contributed by atoms with van der Waals surface area (Å²) in [6, 6.07) is 8.58. The number of ether oxygens (including phenoxy) is 1. The van der Waals surface area contributed by atoms with Crippen molar-refractivity contribution in [1.29, 1.82) is 0 Å². The molecule has 2 aromatic rings. The van der Waals surface area contributed by atoms with Gasteiger partial charge in [0.1, 0.15) is 5.75 Å². The zero-order valence-electron chi connectivity index (χ0n) is 21.8. The molecule has 8 nitrogen and oxygen atoms in total. The van der Waals surface area contributed by atoms with Gasteiger partial charge < -0.3 is 15.8 Å². The molecule has 0 bridgehead atoms. The molecule has 208 valence electrons. The highest BCUT2D eigenvalue weighted by molar-refractivity contribution is 5.99. The number of benzene rings is 1. The predicted molar refractivity (Wildman–Crippen MR) is 137 cm³/mol. The Hall–Kier alpha value is -3.63. The van der Waals surface area contributed by atoms with Crippen LogP contribution in [-0.2, 0) is 9.59 Å². The lowest BCUT2D eigenvalue weighted by Crippen LogP contribution is -2.53. The number of hydrogen-bond acceptors (Lipinski definition) is 6. The summed E-state index contributed by atoms with van der Waals surface area (Å²) in [4.78, 5) is 37.3. The first-order chi connectivity index (χ1) is 18.6. The Morgan fingerprint density at radius 3 is 2.59 bits per heavy atom. The monoisotopic (exact) mass is 543 g/mol. The van der Waals surface area contributed by atoms with E-state index in [1.165, 1.54) is 11.0 Å². The van der Waals surface area contributed by atoms with Crippen molar-refractivity contribution in [3.05, 3.63) is 59.9 Å². The third kappa shape index (κ3) is 5.18. The van der Waals surface area contributed by atoms with E-state index in [0.717, 1.165) is 5.56 Å². The van der Waals surface area contributed by atoms with Gasteiger partial charge in [0.25, 0.3) is 0 Å². The standard InChI is InChI=1S/C28H32F3N5O3/c1-3-27(4-2)14-23(37)36(26(32)35-27)24(16-8-7-11-33-15-16)18-12-19(18)25(38)34-20-13-22(28(29,30)31)39-21-10-6-5-9-17(20)21/h5-11,15,18-20,22,24H,3-4,12-14H2,1-2H3,(H2,32,35)(H,34,38)/t18-,19-,20+,22-,24?/m1/s1. The highest BCUT2D eigenvalue weighted by atomic mass is 19.4. The molecule has 1 aliphatic carbocycles. The van der Waals surface area contributed by atoms with Gasteiger partial charge >= 0.3 is 6.18 Å². The molecule has 1 aromatic heterocycles. The van der Waals surface area contributed by atoms with Crippen LogP contribution < -0.4 is 15.8 Å². The molecule has 3 heterocycles. The summed E-state index contributed by atoms with van der Waals surface area (Å²) in [6.07, 6.45) is -1.76. The van der Waals surface area contributed by atoms with Crippen molar-refractivity contribution in [2.45, 2.75) is 75.9 Å². The lowest BCUT2D eigenvalue weighted by molar-refractivity contribution is -0.201. The summed E-state index contributed by atoms with van der Waals surface area (Å²) in [5, 5.41) is 2.83. The number of fused-ring (bicyclic) bond motifs is 1. The molecule has 5 rings (SSSR count). The minimum Gasteiger partial charge on any atom is -0.480 e. The first kappa shape index (κ1) is 27.0. The van der Waals surface area contributed by atoms with Gasteiger partial charge in [-0.3, -0.25) is 19.5 Å². The van der Waals surface area contributed by atoms with Gasteiger partial charge in [0.15, 0.2) is 12.1 Å². The normalized spacial score (nSPS) is 26.6. The Kier molecular flexibility index (Phi) is 7.02. The summed E-state index contributed by atoms with van der Waals surface area (Å²) in [6.45, 7) is 3.95. The van der Waals surface area contributed by atoms with Crippen LogP contribution in [0.4, 0.5) is 13.2 Å². The molecule has 1 saturated carbocycles. The summed E-state index contributed by atoms with van der Waals surface area (Å²) < 4.78 is 45.8. The maximum atomic E-state index is 13.6. The Balaban J connectivity index is 1.39. The molecule has 11 heteroatoms. The Morgan fingerprint density at radius 2 is 1.95 bits per heavy atom. The van der Waals surface area contributed by atoms with Gasteiger partial charge in [0, 0.05) is 30.3 Å². The minimum absolute atomic E-state index is 0.107. The number of rotatable bonds is 7. The molecule has 0 saturated heterocycles. The number of alkyl halides is 3. The number of nitrogens with zero attached hydrogens (tertiary/aromatic N) is 3. The average Bonchev–Trinajstić information content (AvgIpc) is 3.71. The molecular weight excluding hydrogens is 511 g/mol. The fraction of sp³-hybridized carbons (Fsp3) is 0.500. The fourth-order valence-electron chi connectivity index (χ4n) is 5.82. The highest BCUT2D eigenvalue weighted by Gasteiger charge is 2.54. The van der Waals surface area contributed by atoms with Gasteiger partial charge in [-0.1, -0.05) is 38.1 Å². The lowest BCUT2D eigenvalue weighted by atomic mass is 9.87. The lowest BCUT2D eigenvalue weighted by Gasteiger charge is -2.40. The smallest absolute Gasteiger partial charge is 0.425 e. The largest absolute Gasteiger partial charge is 0.480 e. The van der Waals surface area contributed by atoms with Crippen LogP contribution in [0.2, 0.25) is 0 Å². The molecule has 0 spiro atoms. The van der Waals surface area contributed by atoms with E-state index in [1.807, 2.05) is 19.9 Å². The van der Waals surface area contributed by atoms with Gasteiger partial charge in [0.2, 0.25) is 11.8 Å². The Labute approximate surface area is 224 Å². The van der Waals surface area contributed by atoms with Gasteiger partial charge in [0.05, 0.1) is 24.0 Å². The second kappa shape index (κ2) is 10.2. The Morgan fingerprint density at radius 1 is 1.21 bits per heavy atom. The van der Waals surface area contributed by atoms with Crippen molar-refractivity contribution in [3.63, 3.8) is 0 Å². The van der Waals surface area contributed by atoms with Crippen LogP contribution in [0.3, 0.4) is 0 Å². The summed E-state index contributed by atoms with van der Waals surface area (Å²) in [5.41, 5.74) is 7.07. The van der Waals surface area contributed by atoms with Crippen molar-refractivity contribution in [2.24, 2.45) is 22.6 Å². The number of nitrogens with one attached hydrogen (secondary N) is 1. The van der Waals surface area contributed by atoms with Crippen molar-refractivity contribution in [1.82, 2.24) is 15.2 Å². The SMILES string of the molecule is CCC1(CC)CC(=O)N(C(c2cccnc2)[C@@H]2C[C@H]2C(=O)N[C@H]2C[C@H](C(F)(F)F)Oc3ccccc32)C(N)=N1. The van der Waals surface area contributed by atoms with E-state index in [-0.39, 0.29) is 35.9 Å². The van der Waals surface area contributed by atoms with Crippen LogP contribution >= 0.6 is 0 Å². The first-order valence-electron chi connectivity index (χ1n) is 13.3. The maximum absolute atomic E-state index is 13.6. The summed E-state index contributed by atoms with van der Waals surface area (Å²) in [5.74, 6) is -1.13. The number of hydrogen-bond donors (Lipinski definition) is 2. The quantitative estimate of drug-likeness (QED) is 0.537. The zero-order valence-corrected chi connectivity index (χ0v) is 21.8. The van der Waals surface area contributed by atoms with Crippen molar-refractivity contribution < 1.29 is 27.5 Å². The molecule has 3 aliphatic rings. The summed E-state index contributed by atoms with van der Waals surface area (Å²) >= 11 is 0. The molecule has 3 N–H and O–H groups in total. The van der Waals surface area contributed by atoms with Crippen molar-refractivity contribution in [2.75, 3.05) is 0 Å². The molecule has 0 radical (unpaired) electrons. The van der Waals surface area contributed by atoms with Gasteiger partial charge in [-0.2, -0.15) is 13.2 Å². The third-order valence-electron chi connectivity index (χ3n) is 8.24. The van der Waals surface area contributed by atoms with E-state index in [2.05, 4.69) is 10.3 Å². The van der Waals surface area contributed by atoms with Gasteiger partial charge in [-0.25, -0.2) is 4.99 Å². The number of halogens is 3. The number of amides is 2. The number of guanidine groups is 1. The number of para-hydroxylation sites is 1. The number of pyridine rings is 1. The topological polar surface area (TPSA) is 110 Å². The predicted octanol–water partition coefficient (Wildman–Crippen LogP) is 4.44. The summed E-state index contributed by atoms with van der Waals surface area (Å²) in [7, 11) is 0. The van der Waals surface area contributed by atoms with E-state index in [4.69, 9.17) is 15.5 Å². The van der Waals surface area contributed by atoms with Crippen LogP contribution in [0, 0.1) is 11.8 Å². The van der Waals surface area contributed by atoms with E-state index >= 15 is 0 Å². The molecule has 39 heavy (non-hydrogen) atoms. The van der Waals surface area contributed by atoms with Gasteiger partial charge in [-0.15, -0.1) is 0 Å². The van der Waals surface area contributed by atoms with Crippen LogP contribution in [-0.4, -0.2) is 45.5 Å². The van der Waals surface area contributed by atoms with Crippen LogP contribution in [0.25, 0.3) is 0 Å².